The minimum absolute atomic E-state index is 0.108. The molecule has 0 amide bonds. The maximum atomic E-state index is 12.4. The van der Waals surface area contributed by atoms with Crippen LogP contribution in [0.3, 0.4) is 0 Å². The summed E-state index contributed by atoms with van der Waals surface area (Å²) in [4.78, 5) is 0.108. The van der Waals surface area contributed by atoms with Gasteiger partial charge in [-0.05, 0) is 29.8 Å². The van der Waals surface area contributed by atoms with E-state index in [0.717, 1.165) is 4.31 Å². The second-order valence-corrected chi connectivity index (χ2v) is 7.48. The number of hydrogen-bond donors (Lipinski definition) is 1. The third-order valence-electron chi connectivity index (χ3n) is 3.27. The Morgan fingerprint density at radius 2 is 1.76 bits per heavy atom. The molecule has 0 saturated heterocycles. The molecule has 0 aliphatic heterocycles. The molecule has 0 atom stereocenters. The maximum absolute atomic E-state index is 12.4. The van der Waals surface area contributed by atoms with Crippen LogP contribution in [-0.2, 0) is 16.6 Å². The zero-order valence-corrected chi connectivity index (χ0v) is 14.4. The van der Waals surface area contributed by atoms with E-state index >= 15 is 0 Å². The molecule has 0 aliphatic rings. The Balaban J connectivity index is 2.18. The molecule has 0 fully saturated rings. The molecule has 0 saturated carbocycles. The van der Waals surface area contributed by atoms with E-state index in [1.54, 1.807) is 18.2 Å². The summed E-state index contributed by atoms with van der Waals surface area (Å²) in [5, 5.41) is 2.83. The van der Waals surface area contributed by atoms with Gasteiger partial charge in [-0.1, -0.05) is 24.3 Å². The van der Waals surface area contributed by atoms with Crippen molar-refractivity contribution in [3.8, 4) is 5.75 Å². The standard InChI is InChI=1S/C16H17F3N2O3S/c1-21(2)25(22,23)13-7-5-6-12(10-13)11-20-14-8-3-4-9-15(14)24-16(17,18)19/h3-10,20H,11H2,1-2H3. The van der Waals surface area contributed by atoms with Gasteiger partial charge in [-0.25, -0.2) is 12.7 Å². The van der Waals surface area contributed by atoms with Gasteiger partial charge in [-0.3, -0.25) is 0 Å². The average Bonchev–Trinajstić information content (AvgIpc) is 2.52. The molecule has 136 valence electrons. The van der Waals surface area contributed by atoms with Gasteiger partial charge in [0.2, 0.25) is 10.0 Å². The molecule has 9 heteroatoms. The van der Waals surface area contributed by atoms with Gasteiger partial charge in [0, 0.05) is 20.6 Å². The Labute approximate surface area is 144 Å². The van der Waals surface area contributed by atoms with E-state index in [4.69, 9.17) is 0 Å². The molecule has 25 heavy (non-hydrogen) atoms. The number of anilines is 1. The van der Waals surface area contributed by atoms with E-state index in [1.165, 1.54) is 44.4 Å². The Hall–Kier alpha value is -2.26. The van der Waals surface area contributed by atoms with Crippen LogP contribution in [0.4, 0.5) is 18.9 Å². The average molecular weight is 374 g/mol. The molecule has 1 N–H and O–H groups in total. The molecule has 0 bridgehead atoms. The molecule has 0 aliphatic carbocycles. The molecule has 0 heterocycles. The highest BCUT2D eigenvalue weighted by molar-refractivity contribution is 7.89. The number of halogens is 3. The fourth-order valence-corrected chi connectivity index (χ4v) is 3.02. The third kappa shape index (κ3) is 5.10. The number of benzene rings is 2. The second kappa shape index (κ2) is 7.32. The van der Waals surface area contributed by atoms with Crippen LogP contribution >= 0.6 is 0 Å². The molecular formula is C16H17F3N2O3S. The van der Waals surface area contributed by atoms with Crippen molar-refractivity contribution in [1.29, 1.82) is 0 Å². The van der Waals surface area contributed by atoms with Gasteiger partial charge >= 0.3 is 6.36 Å². The summed E-state index contributed by atoms with van der Waals surface area (Å²) in [6, 6.07) is 11.8. The van der Waals surface area contributed by atoms with Gasteiger partial charge in [-0.15, -0.1) is 13.2 Å². The quantitative estimate of drug-likeness (QED) is 0.842. The highest BCUT2D eigenvalue weighted by Gasteiger charge is 2.32. The number of ether oxygens (including phenoxy) is 1. The summed E-state index contributed by atoms with van der Waals surface area (Å²) < 4.78 is 66.6. The number of nitrogens with one attached hydrogen (secondary N) is 1. The zero-order chi connectivity index (χ0) is 18.7. The van der Waals surface area contributed by atoms with Gasteiger partial charge in [0.25, 0.3) is 0 Å². The molecule has 0 aromatic heterocycles. The fraction of sp³-hybridized carbons (Fsp3) is 0.250. The van der Waals surface area contributed by atoms with E-state index in [1.807, 2.05) is 0 Å². The lowest BCUT2D eigenvalue weighted by Gasteiger charge is -2.15. The molecule has 2 rings (SSSR count). The summed E-state index contributed by atoms with van der Waals surface area (Å²) in [5.74, 6) is -0.355. The fourth-order valence-electron chi connectivity index (χ4n) is 2.05. The van der Waals surface area contributed by atoms with E-state index in [9.17, 15) is 21.6 Å². The van der Waals surface area contributed by atoms with Gasteiger partial charge in [0.05, 0.1) is 10.6 Å². The van der Waals surface area contributed by atoms with Crippen LogP contribution in [-0.4, -0.2) is 33.2 Å². The Bertz CT molecular complexity index is 837. The minimum atomic E-state index is -4.79. The number of sulfonamides is 1. The van der Waals surface area contributed by atoms with Gasteiger partial charge < -0.3 is 10.1 Å². The molecule has 0 unspecified atom stereocenters. The van der Waals surface area contributed by atoms with E-state index in [-0.39, 0.29) is 22.9 Å². The summed E-state index contributed by atoms with van der Waals surface area (Å²) in [6.07, 6.45) is -4.79. The molecule has 2 aromatic rings. The second-order valence-electron chi connectivity index (χ2n) is 5.33. The van der Waals surface area contributed by atoms with E-state index in [0.29, 0.717) is 5.56 Å². The van der Waals surface area contributed by atoms with Crippen molar-refractivity contribution in [3.05, 3.63) is 54.1 Å². The monoisotopic (exact) mass is 374 g/mol. The Morgan fingerprint density at radius 3 is 2.40 bits per heavy atom. The first-order valence-electron chi connectivity index (χ1n) is 7.20. The van der Waals surface area contributed by atoms with Crippen LogP contribution in [0.1, 0.15) is 5.56 Å². The highest BCUT2D eigenvalue weighted by atomic mass is 32.2. The minimum Gasteiger partial charge on any atom is -0.404 e. The van der Waals surface area contributed by atoms with Gasteiger partial charge in [0.1, 0.15) is 0 Å². The first-order chi connectivity index (χ1) is 11.6. The SMILES string of the molecule is CN(C)S(=O)(=O)c1cccc(CNc2ccccc2OC(F)(F)F)c1. The smallest absolute Gasteiger partial charge is 0.404 e. The number of para-hydroxylation sites is 2. The summed E-state index contributed by atoms with van der Waals surface area (Å²) in [7, 11) is -0.739. The summed E-state index contributed by atoms with van der Waals surface area (Å²) >= 11 is 0. The van der Waals surface area contributed by atoms with Crippen LogP contribution < -0.4 is 10.1 Å². The zero-order valence-electron chi connectivity index (χ0n) is 13.5. The van der Waals surface area contributed by atoms with E-state index in [2.05, 4.69) is 10.1 Å². The van der Waals surface area contributed by atoms with Crippen molar-refractivity contribution in [2.45, 2.75) is 17.8 Å². The molecule has 0 spiro atoms. The first-order valence-corrected chi connectivity index (χ1v) is 8.64. The normalized spacial score (nSPS) is 12.2. The number of rotatable bonds is 6. The van der Waals surface area contributed by atoms with Crippen LogP contribution in [0.5, 0.6) is 5.75 Å². The largest absolute Gasteiger partial charge is 0.573 e. The summed E-state index contributed by atoms with van der Waals surface area (Å²) in [6.45, 7) is 0.134. The van der Waals surface area contributed by atoms with Gasteiger partial charge in [-0.2, -0.15) is 0 Å². The Morgan fingerprint density at radius 1 is 1.08 bits per heavy atom. The topological polar surface area (TPSA) is 58.6 Å². The predicted octanol–water partition coefficient (Wildman–Crippen LogP) is 3.45. The van der Waals surface area contributed by atoms with Crippen LogP contribution in [0, 0.1) is 0 Å². The number of hydrogen-bond acceptors (Lipinski definition) is 4. The van der Waals surface area contributed by atoms with Crippen LogP contribution in [0.25, 0.3) is 0 Å². The molecule has 0 radical (unpaired) electrons. The molecule has 2 aromatic carbocycles. The molecular weight excluding hydrogens is 357 g/mol. The van der Waals surface area contributed by atoms with Crippen molar-refractivity contribution in [2.24, 2.45) is 0 Å². The predicted molar refractivity (Wildman–Crippen MR) is 87.8 cm³/mol. The van der Waals surface area contributed by atoms with Crippen molar-refractivity contribution in [1.82, 2.24) is 4.31 Å². The lowest BCUT2D eigenvalue weighted by atomic mass is 10.2. The van der Waals surface area contributed by atoms with Crippen molar-refractivity contribution in [2.75, 3.05) is 19.4 Å². The van der Waals surface area contributed by atoms with Crippen molar-refractivity contribution in [3.63, 3.8) is 0 Å². The third-order valence-corrected chi connectivity index (χ3v) is 5.08. The van der Waals surface area contributed by atoms with Crippen molar-refractivity contribution >= 4 is 15.7 Å². The maximum Gasteiger partial charge on any atom is 0.573 e. The first kappa shape index (κ1) is 19.1. The van der Waals surface area contributed by atoms with E-state index < -0.39 is 16.4 Å². The van der Waals surface area contributed by atoms with Crippen LogP contribution in [0.15, 0.2) is 53.4 Å². The summed E-state index contributed by atoms with van der Waals surface area (Å²) in [5.41, 5.74) is 0.755. The number of alkyl halides is 3. The van der Waals surface area contributed by atoms with Gasteiger partial charge in [0.15, 0.2) is 5.75 Å². The van der Waals surface area contributed by atoms with Crippen LogP contribution in [0.2, 0.25) is 0 Å². The lowest BCUT2D eigenvalue weighted by Crippen LogP contribution is -2.22. The number of nitrogens with zero attached hydrogens (tertiary/aromatic N) is 1. The molecule has 5 nitrogen and oxygen atoms in total. The Kier molecular flexibility index (Phi) is 5.58. The van der Waals surface area contributed by atoms with Crippen molar-refractivity contribution < 1.29 is 26.3 Å². The lowest BCUT2D eigenvalue weighted by molar-refractivity contribution is -0.274. The highest BCUT2D eigenvalue weighted by Crippen LogP contribution is 2.30.